The molecule has 2 rings (SSSR count). The quantitative estimate of drug-likeness (QED) is 0.749. The molecule has 0 aromatic carbocycles. The highest BCUT2D eigenvalue weighted by Crippen LogP contribution is 2.40. The molecule has 2 heteroatoms. The van der Waals surface area contributed by atoms with E-state index < -0.39 is 11.4 Å². The number of fused-ring (bicyclic) bond motifs is 1. The average molecular weight is 292 g/mol. The minimum atomic E-state index is -0.722. The van der Waals surface area contributed by atoms with Gasteiger partial charge in [-0.25, -0.2) is 0 Å². The van der Waals surface area contributed by atoms with E-state index in [4.69, 9.17) is 5.11 Å². The smallest absolute Gasteiger partial charge is 0.309 e. The van der Waals surface area contributed by atoms with Gasteiger partial charge in [-0.2, -0.15) is 0 Å². The van der Waals surface area contributed by atoms with Gasteiger partial charge in [0.15, 0.2) is 0 Å². The van der Waals surface area contributed by atoms with Gasteiger partial charge >= 0.3 is 5.97 Å². The fourth-order valence-corrected chi connectivity index (χ4v) is 2.85. The third-order valence-electron chi connectivity index (χ3n) is 5.36. The molecule has 0 saturated carbocycles. The van der Waals surface area contributed by atoms with E-state index in [1.165, 1.54) is 12.8 Å². The van der Waals surface area contributed by atoms with Gasteiger partial charge in [0.2, 0.25) is 0 Å². The van der Waals surface area contributed by atoms with E-state index in [2.05, 4.69) is 39.0 Å². The van der Waals surface area contributed by atoms with Crippen LogP contribution in [0.4, 0.5) is 0 Å². The molecule has 0 spiro atoms. The van der Waals surface area contributed by atoms with Gasteiger partial charge in [-0.05, 0) is 62.4 Å². The van der Waals surface area contributed by atoms with Gasteiger partial charge in [0, 0.05) is 0 Å². The summed E-state index contributed by atoms with van der Waals surface area (Å²) in [4.78, 5) is 10.3. The molecule has 1 N–H and O–H groups in total. The maximum Gasteiger partial charge on any atom is 0.309 e. The monoisotopic (exact) mass is 292 g/mol. The molecule has 0 heterocycles. The lowest BCUT2D eigenvalue weighted by molar-refractivity contribution is -0.147. The lowest BCUT2D eigenvalue weighted by Crippen LogP contribution is -2.26. The van der Waals surface area contributed by atoms with Crippen molar-refractivity contribution in [3.05, 3.63) is 23.8 Å². The van der Waals surface area contributed by atoms with Crippen LogP contribution in [0.3, 0.4) is 0 Å². The summed E-state index contributed by atoms with van der Waals surface area (Å²) in [6.45, 7) is 12.4. The van der Waals surface area contributed by atoms with Crippen molar-refractivity contribution in [3.63, 3.8) is 0 Å². The van der Waals surface area contributed by atoms with Gasteiger partial charge in [0.1, 0.15) is 0 Å². The molecular weight excluding hydrogens is 260 g/mol. The van der Waals surface area contributed by atoms with E-state index >= 15 is 0 Å². The van der Waals surface area contributed by atoms with Gasteiger partial charge < -0.3 is 5.11 Å². The Morgan fingerprint density at radius 2 is 1.90 bits per heavy atom. The van der Waals surface area contributed by atoms with Crippen LogP contribution in [0.5, 0.6) is 0 Å². The third-order valence-corrected chi connectivity index (χ3v) is 5.36. The predicted molar refractivity (Wildman–Crippen MR) is 89.1 cm³/mol. The molecule has 0 amide bonds. The number of allylic oxidation sites excluding steroid dienone is 4. The second kappa shape index (κ2) is 7.29. The summed E-state index contributed by atoms with van der Waals surface area (Å²) in [6, 6.07) is 0. The van der Waals surface area contributed by atoms with Crippen LogP contribution in [-0.2, 0) is 4.79 Å². The molecule has 0 saturated heterocycles. The Morgan fingerprint density at radius 1 is 1.29 bits per heavy atom. The highest BCUT2D eigenvalue weighted by molar-refractivity contribution is 5.73. The van der Waals surface area contributed by atoms with Gasteiger partial charge in [-0.3, -0.25) is 4.79 Å². The highest BCUT2D eigenvalue weighted by Gasteiger charge is 2.29. The Hall–Kier alpha value is -1.05. The number of carbonyl (C=O) groups is 1. The second-order valence-electron chi connectivity index (χ2n) is 7.45. The highest BCUT2D eigenvalue weighted by atomic mass is 16.4. The molecule has 2 aliphatic rings. The van der Waals surface area contributed by atoms with Gasteiger partial charge in [0.25, 0.3) is 0 Å². The molecule has 0 radical (unpaired) electrons. The summed E-state index contributed by atoms with van der Waals surface area (Å²) in [5.41, 5.74) is 1.07. The fourth-order valence-electron chi connectivity index (χ4n) is 2.85. The van der Waals surface area contributed by atoms with Crippen molar-refractivity contribution in [2.45, 2.75) is 60.8 Å². The molecule has 2 nitrogen and oxygen atoms in total. The van der Waals surface area contributed by atoms with Crippen LogP contribution in [0, 0.1) is 29.1 Å². The van der Waals surface area contributed by atoms with Crippen molar-refractivity contribution in [2.75, 3.05) is 0 Å². The number of carboxylic acids is 1. The zero-order chi connectivity index (χ0) is 16.2. The van der Waals surface area contributed by atoms with Crippen LogP contribution < -0.4 is 0 Å². The van der Waals surface area contributed by atoms with Crippen molar-refractivity contribution >= 4 is 5.97 Å². The van der Waals surface area contributed by atoms with E-state index in [-0.39, 0.29) is 0 Å². The van der Waals surface area contributed by atoms with E-state index in [0.29, 0.717) is 6.42 Å². The summed E-state index contributed by atoms with van der Waals surface area (Å²) in [6.07, 6.45) is 10.7. The minimum absolute atomic E-state index is 0.542. The molecule has 4 atom stereocenters. The van der Waals surface area contributed by atoms with Crippen LogP contribution in [0.15, 0.2) is 23.8 Å². The van der Waals surface area contributed by atoms with Crippen molar-refractivity contribution in [1.29, 1.82) is 0 Å². The largest absolute Gasteiger partial charge is 0.481 e. The van der Waals surface area contributed by atoms with Crippen molar-refractivity contribution in [2.24, 2.45) is 29.1 Å². The first-order valence-electron chi connectivity index (χ1n) is 8.32. The van der Waals surface area contributed by atoms with Crippen molar-refractivity contribution in [3.8, 4) is 0 Å². The topological polar surface area (TPSA) is 37.3 Å². The summed E-state index contributed by atoms with van der Waals surface area (Å²) >= 11 is 0. The second-order valence-corrected chi connectivity index (χ2v) is 7.45. The number of aliphatic carboxylic acids is 1. The molecule has 3 unspecified atom stereocenters. The van der Waals surface area contributed by atoms with Crippen LogP contribution in [0.1, 0.15) is 60.8 Å². The molecule has 0 aromatic rings. The van der Waals surface area contributed by atoms with Crippen molar-refractivity contribution < 1.29 is 9.90 Å². The number of hydrogen-bond acceptors (Lipinski definition) is 1. The first-order chi connectivity index (χ1) is 9.69. The molecule has 0 aliphatic heterocycles. The van der Waals surface area contributed by atoms with E-state index in [0.717, 1.165) is 23.7 Å². The van der Waals surface area contributed by atoms with Crippen molar-refractivity contribution in [1.82, 2.24) is 0 Å². The zero-order valence-electron chi connectivity index (χ0n) is 14.5. The average Bonchev–Trinajstić information content (AvgIpc) is 2.43. The first kappa shape index (κ1) is 18.0. The van der Waals surface area contributed by atoms with Crippen LogP contribution in [0.2, 0.25) is 0 Å². The summed E-state index contributed by atoms with van der Waals surface area (Å²) in [5.74, 6) is 2.56. The summed E-state index contributed by atoms with van der Waals surface area (Å²) in [5, 5.41) is 8.44. The Bertz CT molecular complexity index is 417. The Morgan fingerprint density at radius 3 is 2.38 bits per heavy atom. The minimum Gasteiger partial charge on any atom is -0.481 e. The summed E-state index contributed by atoms with van der Waals surface area (Å²) in [7, 11) is 0. The van der Waals surface area contributed by atoms with E-state index in [9.17, 15) is 4.79 Å². The molecule has 120 valence electrons. The summed E-state index contributed by atoms with van der Waals surface area (Å²) < 4.78 is 0. The lowest BCUT2D eigenvalue weighted by Gasteiger charge is -2.36. The SMILES string of the molecule is CC1C=C2C=C[C@@H](C)C(C)C2CC1.CCC(C)(C)C(=O)O. The van der Waals surface area contributed by atoms with Gasteiger partial charge in [-0.15, -0.1) is 0 Å². The molecular formula is C19H32O2. The first-order valence-corrected chi connectivity index (χ1v) is 8.32. The molecule has 0 bridgehead atoms. The molecule has 0 aromatic heterocycles. The number of hydrogen-bond donors (Lipinski definition) is 1. The van der Waals surface area contributed by atoms with Crippen LogP contribution >= 0.6 is 0 Å². The van der Waals surface area contributed by atoms with Crippen LogP contribution in [0.25, 0.3) is 0 Å². The standard InChI is InChI=1S/C13H20.C6H12O2/c1-9-4-7-13-11(3)10(2)5-6-12(13)8-9;1-4-6(2,3)5(7)8/h5-6,8-11,13H,4,7H2,1-3H3;4H2,1-3H3,(H,7,8)/t9?,10-,11?,13?;/m1./s1. The number of carboxylic acid groups (broad SMARTS) is 1. The predicted octanol–water partition coefficient (Wildman–Crippen LogP) is 5.31. The van der Waals surface area contributed by atoms with E-state index in [1.807, 2.05) is 6.92 Å². The lowest BCUT2D eigenvalue weighted by atomic mass is 9.69. The van der Waals surface area contributed by atoms with Gasteiger partial charge in [-0.1, -0.05) is 45.9 Å². The fraction of sp³-hybridized carbons (Fsp3) is 0.737. The molecule has 2 aliphatic carbocycles. The van der Waals surface area contributed by atoms with Crippen LogP contribution in [-0.4, -0.2) is 11.1 Å². The molecule has 21 heavy (non-hydrogen) atoms. The van der Waals surface area contributed by atoms with E-state index in [1.54, 1.807) is 19.4 Å². The van der Waals surface area contributed by atoms with Gasteiger partial charge in [0.05, 0.1) is 5.41 Å². The number of rotatable bonds is 2. The maximum absolute atomic E-state index is 10.3. The Balaban J connectivity index is 0.000000240. The zero-order valence-corrected chi connectivity index (χ0v) is 14.5. The third kappa shape index (κ3) is 4.72. The Labute approximate surface area is 130 Å². The molecule has 0 fully saturated rings. The normalized spacial score (nSPS) is 31.6. The Kier molecular flexibility index (Phi) is 6.24. The maximum atomic E-state index is 10.3.